The van der Waals surface area contributed by atoms with Gasteiger partial charge in [0.1, 0.15) is 0 Å². The summed E-state index contributed by atoms with van der Waals surface area (Å²) in [6.45, 7) is 1.95. The highest BCUT2D eigenvalue weighted by Crippen LogP contribution is 2.13. The molecule has 0 amide bonds. The summed E-state index contributed by atoms with van der Waals surface area (Å²) in [5.41, 5.74) is 1.96. The third-order valence-corrected chi connectivity index (χ3v) is 1.58. The fourth-order valence-electron chi connectivity index (χ4n) is 0.789. The number of rotatable bonds is 0. The first kappa shape index (κ1) is 7.18. The van der Waals surface area contributed by atoms with Gasteiger partial charge >= 0.3 is 0 Å². The summed E-state index contributed by atoms with van der Waals surface area (Å²) >= 11 is 5.71. The van der Waals surface area contributed by atoms with Crippen LogP contribution in [0.25, 0.3) is 0 Å². The van der Waals surface area contributed by atoms with E-state index in [2.05, 4.69) is 5.92 Å². The lowest BCUT2D eigenvalue weighted by Gasteiger charge is -1.96. The van der Waals surface area contributed by atoms with E-state index in [-0.39, 0.29) is 0 Å². The molecule has 0 N–H and O–H groups in total. The zero-order valence-corrected chi connectivity index (χ0v) is 6.44. The molecule has 0 nitrogen and oxygen atoms in total. The third kappa shape index (κ3) is 1.32. The summed E-state index contributed by atoms with van der Waals surface area (Å²) in [6, 6.07) is 5.50. The van der Waals surface area contributed by atoms with Gasteiger partial charge in [0.15, 0.2) is 0 Å². The van der Waals surface area contributed by atoms with Crippen molar-refractivity contribution in [1.29, 1.82) is 0 Å². The van der Waals surface area contributed by atoms with Gasteiger partial charge in [-0.05, 0) is 30.7 Å². The van der Waals surface area contributed by atoms with Crippen LogP contribution in [0.3, 0.4) is 0 Å². The number of hydrogen-bond donors (Lipinski definition) is 0. The largest absolute Gasteiger partial charge is 0.115 e. The van der Waals surface area contributed by atoms with Crippen molar-refractivity contribution in [3.63, 3.8) is 0 Å². The SMILES string of the molecule is C#Cc1ccc(Cl)cc1C. The molecule has 50 valence electrons. The molecule has 0 heterocycles. The van der Waals surface area contributed by atoms with Gasteiger partial charge in [0.25, 0.3) is 0 Å². The van der Waals surface area contributed by atoms with Gasteiger partial charge in [0, 0.05) is 10.6 Å². The predicted octanol–water partition coefficient (Wildman–Crippen LogP) is 2.63. The Bertz CT molecular complexity index is 281. The molecule has 0 unspecified atom stereocenters. The van der Waals surface area contributed by atoms with Crippen molar-refractivity contribution in [2.24, 2.45) is 0 Å². The molecule has 0 radical (unpaired) electrons. The maximum Gasteiger partial charge on any atom is 0.0409 e. The maximum absolute atomic E-state index is 5.71. The van der Waals surface area contributed by atoms with Gasteiger partial charge in [-0.1, -0.05) is 17.5 Å². The summed E-state index contributed by atoms with van der Waals surface area (Å²) in [5, 5.41) is 0.733. The molecule has 1 heteroatoms. The number of terminal acetylenes is 1. The maximum atomic E-state index is 5.71. The summed E-state index contributed by atoms with van der Waals surface area (Å²) in [5.74, 6) is 2.56. The molecule has 0 saturated carbocycles. The van der Waals surface area contributed by atoms with Crippen molar-refractivity contribution in [2.45, 2.75) is 6.92 Å². The number of hydrogen-bond acceptors (Lipinski definition) is 0. The minimum atomic E-state index is 0.733. The first-order chi connectivity index (χ1) is 4.74. The van der Waals surface area contributed by atoms with E-state index in [0.717, 1.165) is 16.1 Å². The lowest BCUT2D eigenvalue weighted by Crippen LogP contribution is -1.79. The molecule has 0 saturated heterocycles. The second kappa shape index (κ2) is 2.77. The first-order valence-electron chi connectivity index (χ1n) is 2.97. The highest BCUT2D eigenvalue weighted by molar-refractivity contribution is 6.30. The average molecular weight is 151 g/mol. The topological polar surface area (TPSA) is 0 Å². The van der Waals surface area contributed by atoms with Crippen molar-refractivity contribution >= 4 is 11.6 Å². The number of aryl methyl sites for hydroxylation is 1. The standard InChI is InChI=1S/C9H7Cl/c1-3-8-4-5-9(10)6-7(8)2/h1,4-6H,2H3. The second-order valence-electron chi connectivity index (χ2n) is 2.10. The van der Waals surface area contributed by atoms with Crippen LogP contribution in [0.2, 0.25) is 5.02 Å². The van der Waals surface area contributed by atoms with E-state index < -0.39 is 0 Å². The van der Waals surface area contributed by atoms with Crippen molar-refractivity contribution in [3.05, 3.63) is 34.3 Å². The van der Waals surface area contributed by atoms with Crippen LogP contribution in [0.4, 0.5) is 0 Å². The molecule has 1 aromatic rings. The fraction of sp³-hybridized carbons (Fsp3) is 0.111. The Morgan fingerprint density at radius 2 is 2.20 bits per heavy atom. The number of halogens is 1. The number of benzene rings is 1. The summed E-state index contributed by atoms with van der Waals surface area (Å²) in [6.07, 6.45) is 5.21. The van der Waals surface area contributed by atoms with Crippen molar-refractivity contribution < 1.29 is 0 Å². The van der Waals surface area contributed by atoms with Gasteiger partial charge in [-0.25, -0.2) is 0 Å². The van der Waals surface area contributed by atoms with Crippen LogP contribution in [-0.2, 0) is 0 Å². The lowest BCUT2D eigenvalue weighted by molar-refractivity contribution is 1.44. The van der Waals surface area contributed by atoms with Gasteiger partial charge in [-0.15, -0.1) is 6.42 Å². The van der Waals surface area contributed by atoms with Crippen LogP contribution in [-0.4, -0.2) is 0 Å². The predicted molar refractivity (Wildman–Crippen MR) is 44.1 cm³/mol. The highest BCUT2D eigenvalue weighted by Gasteiger charge is 1.93. The van der Waals surface area contributed by atoms with Crippen molar-refractivity contribution in [1.82, 2.24) is 0 Å². The average Bonchev–Trinajstić information content (AvgIpc) is 1.88. The Morgan fingerprint density at radius 1 is 1.50 bits per heavy atom. The van der Waals surface area contributed by atoms with Crippen LogP contribution >= 0.6 is 11.6 Å². The van der Waals surface area contributed by atoms with E-state index in [1.807, 2.05) is 19.1 Å². The van der Waals surface area contributed by atoms with Crippen LogP contribution in [0, 0.1) is 19.3 Å². The van der Waals surface area contributed by atoms with E-state index in [0.29, 0.717) is 0 Å². The van der Waals surface area contributed by atoms with E-state index in [4.69, 9.17) is 18.0 Å². The zero-order chi connectivity index (χ0) is 7.56. The Balaban J connectivity index is 3.23. The molecule has 0 spiro atoms. The summed E-state index contributed by atoms with van der Waals surface area (Å²) in [4.78, 5) is 0. The van der Waals surface area contributed by atoms with Gasteiger partial charge in [-0.3, -0.25) is 0 Å². The quantitative estimate of drug-likeness (QED) is 0.499. The normalized spacial score (nSPS) is 8.90. The molecule has 0 fully saturated rings. The molecule has 10 heavy (non-hydrogen) atoms. The minimum Gasteiger partial charge on any atom is -0.115 e. The van der Waals surface area contributed by atoms with Gasteiger partial charge < -0.3 is 0 Å². The summed E-state index contributed by atoms with van der Waals surface area (Å²) < 4.78 is 0. The van der Waals surface area contributed by atoms with E-state index in [1.165, 1.54) is 0 Å². The second-order valence-corrected chi connectivity index (χ2v) is 2.54. The molecule has 0 aliphatic rings. The van der Waals surface area contributed by atoms with Gasteiger partial charge in [-0.2, -0.15) is 0 Å². The Kier molecular flexibility index (Phi) is 1.99. The molecule has 0 aliphatic carbocycles. The van der Waals surface area contributed by atoms with Crippen molar-refractivity contribution in [2.75, 3.05) is 0 Å². The molecule has 0 aliphatic heterocycles. The van der Waals surface area contributed by atoms with E-state index in [9.17, 15) is 0 Å². The van der Waals surface area contributed by atoms with Crippen LogP contribution in [0.5, 0.6) is 0 Å². The molecule has 1 rings (SSSR count). The van der Waals surface area contributed by atoms with Gasteiger partial charge in [0.05, 0.1) is 0 Å². The van der Waals surface area contributed by atoms with Gasteiger partial charge in [0.2, 0.25) is 0 Å². The fourth-order valence-corrected chi connectivity index (χ4v) is 1.02. The first-order valence-corrected chi connectivity index (χ1v) is 3.34. The Labute approximate surface area is 65.8 Å². The van der Waals surface area contributed by atoms with Crippen molar-refractivity contribution in [3.8, 4) is 12.3 Å². The van der Waals surface area contributed by atoms with E-state index in [1.54, 1.807) is 6.07 Å². The Morgan fingerprint density at radius 3 is 2.70 bits per heavy atom. The zero-order valence-electron chi connectivity index (χ0n) is 5.69. The molecular formula is C9H7Cl. The Hall–Kier alpha value is -0.930. The van der Waals surface area contributed by atoms with Crippen LogP contribution in [0.15, 0.2) is 18.2 Å². The molecule has 0 aromatic heterocycles. The van der Waals surface area contributed by atoms with Crippen LogP contribution in [0.1, 0.15) is 11.1 Å². The monoisotopic (exact) mass is 150 g/mol. The smallest absolute Gasteiger partial charge is 0.0409 e. The van der Waals surface area contributed by atoms with E-state index >= 15 is 0 Å². The summed E-state index contributed by atoms with van der Waals surface area (Å²) in [7, 11) is 0. The lowest BCUT2D eigenvalue weighted by atomic mass is 10.1. The highest BCUT2D eigenvalue weighted by atomic mass is 35.5. The minimum absolute atomic E-state index is 0.733. The molecule has 1 aromatic carbocycles. The molecular weight excluding hydrogens is 144 g/mol. The third-order valence-electron chi connectivity index (χ3n) is 1.34. The molecule has 0 bridgehead atoms. The van der Waals surface area contributed by atoms with Crippen LogP contribution < -0.4 is 0 Å². The molecule has 0 atom stereocenters.